The van der Waals surface area contributed by atoms with E-state index in [1.54, 1.807) is 44.2 Å². The predicted molar refractivity (Wildman–Crippen MR) is 280 cm³/mol. The van der Waals surface area contributed by atoms with Crippen molar-refractivity contribution in [2.24, 2.45) is 10.8 Å². The van der Waals surface area contributed by atoms with Crippen molar-refractivity contribution >= 4 is 39.8 Å². The lowest BCUT2D eigenvalue weighted by Crippen LogP contribution is -2.57. The Bertz CT molecular complexity index is 3000. The van der Waals surface area contributed by atoms with Crippen molar-refractivity contribution in [2.75, 3.05) is 26.2 Å². The first-order chi connectivity index (χ1) is 34.0. The number of furan rings is 2. The SMILES string of the molecule is CC(=O)C1(C)CN(Cc2ccc(-c3cc4ccccc4o3)c(F)c2)C1.CC(=O)C1(C)CNC1.CC1(c2ccccc2)CC1.CC1(c2ccccc2)CC1.O=Cc1ccc(-c2cc3ccccc3o2)c(F)c1. The summed E-state index contributed by atoms with van der Waals surface area (Å²) < 4.78 is 39.8. The highest BCUT2D eigenvalue weighted by Crippen LogP contribution is 2.48. The van der Waals surface area contributed by atoms with Crippen LogP contribution in [0.4, 0.5) is 8.78 Å². The number of fused-ring (bicyclic) bond motifs is 2. The zero-order valence-electron chi connectivity index (χ0n) is 41.7. The summed E-state index contributed by atoms with van der Waals surface area (Å²) in [6.45, 7) is 15.8. The molecule has 2 saturated carbocycles. The van der Waals surface area contributed by atoms with Crippen molar-refractivity contribution in [2.45, 2.75) is 84.6 Å². The molecular formula is C62H64F2N2O5. The van der Waals surface area contributed by atoms with Crippen molar-refractivity contribution in [1.82, 2.24) is 10.2 Å². The maximum Gasteiger partial charge on any atom is 0.150 e. The maximum atomic E-state index is 14.6. The Hall–Kier alpha value is -6.81. The van der Waals surface area contributed by atoms with Gasteiger partial charge in [0.15, 0.2) is 0 Å². The van der Waals surface area contributed by atoms with Crippen LogP contribution >= 0.6 is 0 Å². The summed E-state index contributed by atoms with van der Waals surface area (Å²) in [6.07, 6.45) is 6.10. The first kappa shape index (κ1) is 50.6. The molecule has 4 aliphatic rings. The molecule has 4 heterocycles. The van der Waals surface area contributed by atoms with Gasteiger partial charge in [0, 0.05) is 49.1 Å². The Morgan fingerprint density at radius 1 is 0.563 bits per heavy atom. The topological polar surface area (TPSA) is 92.8 Å². The van der Waals surface area contributed by atoms with Crippen LogP contribution in [-0.4, -0.2) is 48.9 Å². The molecule has 0 amide bonds. The van der Waals surface area contributed by atoms with Crippen LogP contribution in [0.15, 0.2) is 167 Å². The second-order valence-corrected chi connectivity index (χ2v) is 20.8. The smallest absolute Gasteiger partial charge is 0.150 e. The van der Waals surface area contributed by atoms with E-state index in [-0.39, 0.29) is 22.4 Å². The van der Waals surface area contributed by atoms with Gasteiger partial charge in [0.2, 0.25) is 0 Å². The molecule has 8 aromatic rings. The van der Waals surface area contributed by atoms with Crippen LogP contribution in [0.5, 0.6) is 0 Å². The van der Waals surface area contributed by atoms with Crippen molar-refractivity contribution in [3.05, 3.63) is 192 Å². The summed E-state index contributed by atoms with van der Waals surface area (Å²) in [5, 5.41) is 4.95. The molecular weight excluding hydrogens is 891 g/mol. The number of carbonyl (C=O) groups is 3. The number of nitrogens with one attached hydrogen (secondary N) is 1. The molecule has 4 fully saturated rings. The third kappa shape index (κ3) is 12.2. The average Bonchev–Trinajstić information content (AvgIpc) is 4.19. The van der Waals surface area contributed by atoms with Gasteiger partial charge in [-0.15, -0.1) is 0 Å². The third-order valence-corrected chi connectivity index (χ3v) is 14.8. The van der Waals surface area contributed by atoms with E-state index in [2.05, 4.69) is 84.7 Å². The monoisotopic (exact) mass is 954 g/mol. The Morgan fingerprint density at radius 3 is 1.37 bits per heavy atom. The van der Waals surface area contributed by atoms with E-state index in [9.17, 15) is 23.2 Å². The van der Waals surface area contributed by atoms with Crippen LogP contribution in [0.25, 0.3) is 44.6 Å². The minimum Gasteiger partial charge on any atom is -0.456 e. The molecule has 71 heavy (non-hydrogen) atoms. The van der Waals surface area contributed by atoms with E-state index in [4.69, 9.17) is 8.83 Å². The number of likely N-dealkylation sites (tertiary alicyclic amines) is 1. The Labute approximate surface area is 416 Å². The molecule has 366 valence electrons. The largest absolute Gasteiger partial charge is 0.456 e. The van der Waals surface area contributed by atoms with E-state index >= 15 is 0 Å². The second-order valence-electron chi connectivity index (χ2n) is 20.8. The van der Waals surface area contributed by atoms with Crippen LogP contribution < -0.4 is 5.32 Å². The fraction of sp³-hybridized carbons (Fsp3) is 0.306. The number of rotatable bonds is 9. The van der Waals surface area contributed by atoms with Gasteiger partial charge in [0.25, 0.3) is 0 Å². The van der Waals surface area contributed by atoms with Crippen LogP contribution in [0.3, 0.4) is 0 Å². The minimum atomic E-state index is -0.460. The lowest BCUT2D eigenvalue weighted by Gasteiger charge is -2.46. The first-order valence-corrected chi connectivity index (χ1v) is 24.6. The molecule has 2 aromatic heterocycles. The Balaban J connectivity index is 0.000000128. The van der Waals surface area contributed by atoms with E-state index in [1.807, 2.05) is 74.5 Å². The zero-order valence-corrected chi connectivity index (χ0v) is 41.7. The molecule has 0 unspecified atom stereocenters. The molecule has 1 N–H and O–H groups in total. The van der Waals surface area contributed by atoms with Gasteiger partial charge in [-0.05, 0) is 116 Å². The number of aldehydes is 1. The number of para-hydroxylation sites is 2. The van der Waals surface area contributed by atoms with Crippen molar-refractivity contribution in [3.63, 3.8) is 0 Å². The number of ketones is 2. The summed E-state index contributed by atoms with van der Waals surface area (Å²) in [5.41, 5.74) is 7.35. The number of halogens is 2. The number of carbonyl (C=O) groups excluding carboxylic acids is 3. The van der Waals surface area contributed by atoms with Gasteiger partial charge in [0.05, 0.1) is 22.0 Å². The predicted octanol–water partition coefficient (Wildman–Crippen LogP) is 14.4. The highest BCUT2D eigenvalue weighted by atomic mass is 19.1. The summed E-state index contributed by atoms with van der Waals surface area (Å²) in [4.78, 5) is 35.0. The number of Topliss-reactive ketones (excluding diaryl/α,β-unsaturated/α-hetero) is 2. The number of benzene rings is 6. The standard InChI is InChI=1S/C21H20FNO2.C15H9FO2.2C10H12.C6H11NO/c1-14(24)21(2)12-23(13-21)11-15-7-8-17(18(22)9-15)20-10-16-5-3-4-6-19(16)25-20;16-13-7-10(9-17)5-6-12(13)15-8-11-3-1-2-4-14(11)18-15;2*1-10(7-8-10)9-5-3-2-4-6-9;1-5(8)6(2)3-7-4-6/h3-10H,11-13H2,1-2H3;1-9H;2*2-6H,7-8H2,1H3;7H,3-4H2,1-2H3. The summed E-state index contributed by atoms with van der Waals surface area (Å²) in [5.74, 6) is 0.779. The molecule has 0 spiro atoms. The number of hydrogen-bond donors (Lipinski definition) is 1. The molecule has 9 heteroatoms. The number of nitrogens with zero attached hydrogens (tertiary/aromatic N) is 1. The van der Waals surface area contributed by atoms with Gasteiger partial charge >= 0.3 is 0 Å². The fourth-order valence-electron chi connectivity index (χ4n) is 8.81. The lowest BCUT2D eigenvalue weighted by molar-refractivity contribution is -0.135. The lowest BCUT2D eigenvalue weighted by atomic mass is 9.78. The Kier molecular flexibility index (Phi) is 15.2. The molecule has 0 bridgehead atoms. The minimum absolute atomic E-state index is 0.0278. The summed E-state index contributed by atoms with van der Waals surface area (Å²) >= 11 is 0. The summed E-state index contributed by atoms with van der Waals surface area (Å²) in [6, 6.07) is 49.9. The van der Waals surface area contributed by atoms with Gasteiger partial charge < -0.3 is 14.2 Å². The molecule has 12 rings (SSSR count). The van der Waals surface area contributed by atoms with E-state index in [1.165, 1.54) is 42.9 Å². The molecule has 0 radical (unpaired) electrons. The molecule has 2 aliphatic heterocycles. The highest BCUT2D eigenvalue weighted by Gasteiger charge is 2.42. The summed E-state index contributed by atoms with van der Waals surface area (Å²) in [7, 11) is 0. The normalized spacial score (nSPS) is 17.1. The van der Waals surface area contributed by atoms with E-state index < -0.39 is 5.82 Å². The molecule has 2 aliphatic carbocycles. The fourth-order valence-corrected chi connectivity index (χ4v) is 8.81. The first-order valence-electron chi connectivity index (χ1n) is 24.6. The zero-order chi connectivity index (χ0) is 50.4. The molecule has 6 aromatic carbocycles. The third-order valence-electron chi connectivity index (χ3n) is 14.8. The van der Waals surface area contributed by atoms with Gasteiger partial charge in [-0.1, -0.05) is 137 Å². The van der Waals surface area contributed by atoms with Crippen LogP contribution in [0.1, 0.15) is 94.3 Å². The quantitative estimate of drug-likeness (QED) is 0.144. The second kappa shape index (κ2) is 21.3. The van der Waals surface area contributed by atoms with Gasteiger partial charge in [-0.3, -0.25) is 19.3 Å². The van der Waals surface area contributed by atoms with Gasteiger partial charge in [-0.25, -0.2) is 8.78 Å². The van der Waals surface area contributed by atoms with Crippen LogP contribution in [0, 0.1) is 22.5 Å². The maximum absolute atomic E-state index is 14.6. The highest BCUT2D eigenvalue weighted by molar-refractivity contribution is 5.85. The van der Waals surface area contributed by atoms with Crippen molar-refractivity contribution in [3.8, 4) is 22.6 Å². The van der Waals surface area contributed by atoms with Gasteiger partial charge in [0.1, 0.15) is 52.2 Å². The van der Waals surface area contributed by atoms with Gasteiger partial charge in [-0.2, -0.15) is 0 Å². The van der Waals surface area contributed by atoms with Crippen LogP contribution in [-0.2, 0) is 27.0 Å². The van der Waals surface area contributed by atoms with E-state index in [0.717, 1.165) is 48.1 Å². The molecule has 2 saturated heterocycles. The van der Waals surface area contributed by atoms with Crippen molar-refractivity contribution < 1.29 is 32.0 Å². The van der Waals surface area contributed by atoms with Crippen molar-refractivity contribution in [1.29, 1.82) is 0 Å². The average molecular weight is 955 g/mol. The Morgan fingerprint density at radius 2 is 1.00 bits per heavy atom. The van der Waals surface area contributed by atoms with E-state index in [0.29, 0.717) is 63.2 Å². The number of hydrogen-bond acceptors (Lipinski definition) is 7. The molecule has 0 atom stereocenters. The van der Waals surface area contributed by atoms with Crippen LogP contribution in [0.2, 0.25) is 0 Å². The molecule has 7 nitrogen and oxygen atoms in total.